The highest BCUT2D eigenvalue weighted by Gasteiger charge is 2.20. The molecule has 13 rings (SSSR count). The summed E-state index contributed by atoms with van der Waals surface area (Å²) in [6.45, 7) is 0. The monoisotopic (exact) mass is 807 g/mol. The van der Waals surface area contributed by atoms with Crippen molar-refractivity contribution in [3.8, 4) is 56.4 Å². The molecule has 0 aliphatic heterocycles. The molecule has 4 nitrogen and oxygen atoms in total. The fourth-order valence-corrected chi connectivity index (χ4v) is 10.8. The van der Waals surface area contributed by atoms with E-state index in [-0.39, 0.29) is 0 Å². The summed E-state index contributed by atoms with van der Waals surface area (Å²) in [6.07, 6.45) is 0. The van der Waals surface area contributed by atoms with Gasteiger partial charge in [0.1, 0.15) is 11.2 Å². The van der Waals surface area contributed by atoms with Gasteiger partial charge in [-0.3, -0.25) is 0 Å². The molecule has 288 valence electrons. The van der Waals surface area contributed by atoms with E-state index in [2.05, 4.69) is 188 Å². The summed E-state index contributed by atoms with van der Waals surface area (Å²) in [5.74, 6) is 1.82. The Morgan fingerprint density at radius 1 is 0.306 bits per heavy atom. The second-order valence-electron chi connectivity index (χ2n) is 15.9. The van der Waals surface area contributed by atoms with Crippen LogP contribution < -0.4 is 0 Å². The van der Waals surface area contributed by atoms with Crippen LogP contribution in [0.2, 0.25) is 0 Å². The topological polar surface area (TPSA) is 51.8 Å². The molecule has 0 unspecified atom stereocenters. The Morgan fingerprint density at radius 3 is 1.66 bits per heavy atom. The highest BCUT2D eigenvalue weighted by atomic mass is 32.1. The van der Waals surface area contributed by atoms with E-state index in [4.69, 9.17) is 19.4 Å². The van der Waals surface area contributed by atoms with Gasteiger partial charge in [-0.1, -0.05) is 176 Å². The predicted octanol–water partition coefficient (Wildman–Crippen LogP) is 15.9. The minimum atomic E-state index is 0.591. The van der Waals surface area contributed by atoms with Gasteiger partial charge in [-0.15, -0.1) is 11.3 Å². The number of nitrogens with zero attached hydrogens (tertiary/aromatic N) is 3. The summed E-state index contributed by atoms with van der Waals surface area (Å²) in [6, 6.07) is 70.9. The molecule has 3 aromatic heterocycles. The molecule has 10 aromatic carbocycles. The lowest BCUT2D eigenvalue weighted by Crippen LogP contribution is -2.01. The molecule has 0 atom stereocenters. The molecule has 0 amide bonds. The fraction of sp³-hybridized carbons (Fsp3) is 0. The lowest BCUT2D eigenvalue weighted by atomic mass is 9.97. The summed E-state index contributed by atoms with van der Waals surface area (Å²) < 4.78 is 9.23. The first-order chi connectivity index (χ1) is 30.7. The van der Waals surface area contributed by atoms with Gasteiger partial charge in [0.25, 0.3) is 0 Å². The van der Waals surface area contributed by atoms with Gasteiger partial charge in [0.05, 0.1) is 0 Å². The molecule has 0 aliphatic rings. The first-order valence-corrected chi connectivity index (χ1v) is 21.7. The third-order valence-corrected chi connectivity index (χ3v) is 13.6. The van der Waals surface area contributed by atoms with Crippen molar-refractivity contribution in [3.05, 3.63) is 200 Å². The van der Waals surface area contributed by atoms with Crippen LogP contribution in [0.1, 0.15) is 0 Å². The number of aromatic nitrogens is 3. The van der Waals surface area contributed by atoms with E-state index in [1.54, 1.807) is 0 Å². The van der Waals surface area contributed by atoms with Gasteiger partial charge in [-0.25, -0.2) is 15.0 Å². The predicted molar refractivity (Wildman–Crippen MR) is 260 cm³/mol. The zero-order chi connectivity index (χ0) is 40.7. The molecule has 0 aliphatic carbocycles. The number of fused-ring (bicyclic) bond motifs is 10. The van der Waals surface area contributed by atoms with Gasteiger partial charge in [-0.2, -0.15) is 0 Å². The molecule has 0 spiro atoms. The van der Waals surface area contributed by atoms with Crippen LogP contribution in [0.25, 0.3) is 131 Å². The Labute approximate surface area is 360 Å². The minimum Gasteiger partial charge on any atom is -0.456 e. The Kier molecular flexibility index (Phi) is 7.74. The lowest BCUT2D eigenvalue weighted by molar-refractivity contribution is 0.669. The molecule has 5 heteroatoms. The van der Waals surface area contributed by atoms with Crippen molar-refractivity contribution in [3.63, 3.8) is 0 Å². The van der Waals surface area contributed by atoms with E-state index in [9.17, 15) is 0 Å². The van der Waals surface area contributed by atoms with Crippen molar-refractivity contribution in [2.75, 3.05) is 0 Å². The van der Waals surface area contributed by atoms with Crippen LogP contribution in [0.5, 0.6) is 0 Å². The Bertz CT molecular complexity index is 3940. The van der Waals surface area contributed by atoms with E-state index in [0.717, 1.165) is 60.5 Å². The summed E-state index contributed by atoms with van der Waals surface area (Å²) in [4.78, 5) is 15.9. The van der Waals surface area contributed by atoms with E-state index in [0.29, 0.717) is 17.5 Å². The standard InChI is InChI=1S/C57H33N3OS/c1-4-19-40-34(12-1)15-8-22-42(40)38-29-31-48-51(33-38)61-50-27-11-26-49(52(48)50)57-59-55(58-56(60-57)47-25-9-16-35-13-2-5-20-41(35)47)39-18-7-17-37(32-39)44-23-10-24-45-46-30-28-36-14-3-6-21-43(36)53(46)62-54(44)45/h1-33H. The van der Waals surface area contributed by atoms with Crippen LogP contribution in [-0.4, -0.2) is 15.0 Å². The van der Waals surface area contributed by atoms with Gasteiger partial charge in [-0.05, 0) is 78.8 Å². The minimum absolute atomic E-state index is 0.591. The SMILES string of the molecule is c1cc(-c2nc(-c3cccc4ccccc34)nc(-c3cccc4oc5cc(-c6cccc7ccccc67)ccc5c34)n2)cc(-c2cccc3c2sc2c4ccccc4ccc32)c1. The summed E-state index contributed by atoms with van der Waals surface area (Å²) in [5.41, 5.74) is 8.95. The van der Waals surface area contributed by atoms with Crippen LogP contribution in [0, 0.1) is 0 Å². The first-order valence-electron chi connectivity index (χ1n) is 20.8. The van der Waals surface area contributed by atoms with Crippen molar-refractivity contribution >= 4 is 85.8 Å². The second kappa shape index (κ2) is 13.8. The second-order valence-corrected chi connectivity index (χ2v) is 16.9. The van der Waals surface area contributed by atoms with Crippen molar-refractivity contribution in [1.82, 2.24) is 15.0 Å². The maximum atomic E-state index is 6.65. The molecule has 13 aromatic rings. The zero-order valence-electron chi connectivity index (χ0n) is 33.2. The smallest absolute Gasteiger partial charge is 0.164 e. The molecule has 62 heavy (non-hydrogen) atoms. The highest BCUT2D eigenvalue weighted by molar-refractivity contribution is 7.27. The average molecular weight is 808 g/mol. The normalized spacial score (nSPS) is 11.9. The maximum absolute atomic E-state index is 6.65. The molecule has 0 radical (unpaired) electrons. The van der Waals surface area contributed by atoms with Gasteiger partial charge in [0.15, 0.2) is 17.5 Å². The van der Waals surface area contributed by atoms with Crippen molar-refractivity contribution in [2.24, 2.45) is 0 Å². The number of thiophene rings is 1. The Morgan fingerprint density at radius 2 is 0.839 bits per heavy atom. The zero-order valence-corrected chi connectivity index (χ0v) is 34.0. The third-order valence-electron chi connectivity index (χ3n) is 12.3. The molecule has 0 N–H and O–H groups in total. The number of hydrogen-bond acceptors (Lipinski definition) is 5. The van der Waals surface area contributed by atoms with Gasteiger partial charge in [0, 0.05) is 47.6 Å². The Balaban J connectivity index is 0.999. The maximum Gasteiger partial charge on any atom is 0.164 e. The van der Waals surface area contributed by atoms with Crippen LogP contribution in [0.4, 0.5) is 0 Å². The highest BCUT2D eigenvalue weighted by Crippen LogP contribution is 2.44. The van der Waals surface area contributed by atoms with Crippen LogP contribution in [0.3, 0.4) is 0 Å². The van der Waals surface area contributed by atoms with Crippen molar-refractivity contribution in [1.29, 1.82) is 0 Å². The van der Waals surface area contributed by atoms with Crippen LogP contribution in [0.15, 0.2) is 205 Å². The molecule has 0 fully saturated rings. The molecular formula is C57H33N3OS. The number of rotatable bonds is 5. The molecular weight excluding hydrogens is 775 g/mol. The van der Waals surface area contributed by atoms with E-state index >= 15 is 0 Å². The van der Waals surface area contributed by atoms with Crippen molar-refractivity contribution < 1.29 is 4.42 Å². The number of benzene rings is 10. The number of furan rings is 1. The first kappa shape index (κ1) is 34.8. The summed E-state index contributed by atoms with van der Waals surface area (Å²) in [5, 5.41) is 11.7. The fourth-order valence-electron chi connectivity index (χ4n) is 9.40. The largest absolute Gasteiger partial charge is 0.456 e. The quantitative estimate of drug-likeness (QED) is 0.174. The van der Waals surface area contributed by atoms with Crippen molar-refractivity contribution in [2.45, 2.75) is 0 Å². The summed E-state index contributed by atoms with van der Waals surface area (Å²) in [7, 11) is 0. The Hall–Kier alpha value is -7.99. The van der Waals surface area contributed by atoms with Crippen LogP contribution in [-0.2, 0) is 0 Å². The third kappa shape index (κ3) is 5.49. The molecule has 0 saturated carbocycles. The molecule has 0 saturated heterocycles. The summed E-state index contributed by atoms with van der Waals surface area (Å²) >= 11 is 1.87. The van der Waals surface area contributed by atoms with Gasteiger partial charge in [0.2, 0.25) is 0 Å². The van der Waals surface area contributed by atoms with E-state index in [1.807, 2.05) is 23.5 Å². The van der Waals surface area contributed by atoms with Crippen LogP contribution >= 0.6 is 11.3 Å². The average Bonchev–Trinajstić information content (AvgIpc) is 3.92. The molecule has 0 bridgehead atoms. The lowest BCUT2D eigenvalue weighted by Gasteiger charge is -2.12. The molecule has 3 heterocycles. The number of hydrogen-bond donors (Lipinski definition) is 0. The van der Waals surface area contributed by atoms with E-state index < -0.39 is 0 Å². The van der Waals surface area contributed by atoms with Gasteiger partial charge >= 0.3 is 0 Å². The van der Waals surface area contributed by atoms with Gasteiger partial charge < -0.3 is 4.42 Å². The van der Waals surface area contributed by atoms with E-state index in [1.165, 1.54) is 52.8 Å².